The lowest BCUT2D eigenvalue weighted by Crippen LogP contribution is -2.32. The second-order valence-electron chi connectivity index (χ2n) is 4.07. The average molecular weight is 254 g/mol. The van der Waals surface area contributed by atoms with Gasteiger partial charge >= 0.3 is 0 Å². The first-order valence-electron chi connectivity index (χ1n) is 5.36. The number of hydrogen-bond acceptors (Lipinski definition) is 3. The van der Waals surface area contributed by atoms with Gasteiger partial charge in [0.25, 0.3) is 0 Å². The molecule has 1 aromatic carbocycles. The Morgan fingerprint density at radius 3 is 2.71 bits per heavy atom. The molecule has 0 saturated carbocycles. The first-order valence-corrected chi connectivity index (χ1v) is 6.84. The third kappa shape index (κ3) is 3.57. The maximum absolute atomic E-state index is 12.0. The predicted octanol–water partition coefficient (Wildman–Crippen LogP) is 1.82. The molecule has 0 aliphatic carbocycles. The van der Waals surface area contributed by atoms with Gasteiger partial charge in [-0.1, -0.05) is 6.08 Å². The molecule has 1 unspecified atom stereocenters. The minimum atomic E-state index is -3.47. The molecule has 17 heavy (non-hydrogen) atoms. The van der Waals surface area contributed by atoms with Gasteiger partial charge in [-0.05, 0) is 44.0 Å². The summed E-state index contributed by atoms with van der Waals surface area (Å²) in [7, 11) is -3.47. The van der Waals surface area contributed by atoms with Crippen LogP contribution in [-0.4, -0.2) is 14.5 Å². The van der Waals surface area contributed by atoms with Gasteiger partial charge in [-0.25, -0.2) is 13.1 Å². The number of rotatable bonds is 5. The first-order chi connectivity index (χ1) is 7.86. The molecule has 0 aliphatic rings. The molecule has 0 aliphatic heterocycles. The topological polar surface area (TPSA) is 72.2 Å². The van der Waals surface area contributed by atoms with E-state index in [1.54, 1.807) is 32.1 Å². The Kier molecular flexibility index (Phi) is 4.31. The molecule has 1 aromatic rings. The van der Waals surface area contributed by atoms with Gasteiger partial charge < -0.3 is 5.73 Å². The number of nitrogens with one attached hydrogen (secondary N) is 1. The molecule has 0 bridgehead atoms. The summed E-state index contributed by atoms with van der Waals surface area (Å²) < 4.78 is 26.6. The van der Waals surface area contributed by atoms with Gasteiger partial charge in [0.1, 0.15) is 0 Å². The third-order valence-electron chi connectivity index (χ3n) is 2.43. The van der Waals surface area contributed by atoms with Crippen molar-refractivity contribution >= 4 is 15.7 Å². The summed E-state index contributed by atoms with van der Waals surface area (Å²) in [6, 6.07) is 4.50. The van der Waals surface area contributed by atoms with Gasteiger partial charge in [0.15, 0.2) is 0 Å². The third-order valence-corrected chi connectivity index (χ3v) is 4.02. The van der Waals surface area contributed by atoms with Gasteiger partial charge in [0.05, 0.1) is 4.90 Å². The molecule has 0 saturated heterocycles. The standard InChI is InChI=1S/C12H18N2O2S/c1-4-5-10(3)14-17(15,16)11-6-7-12(13)9(2)8-11/h4,6-8,10,14H,1,5,13H2,2-3H3. The van der Waals surface area contributed by atoms with Crippen LogP contribution >= 0.6 is 0 Å². The molecular weight excluding hydrogens is 236 g/mol. The Labute approximate surface area is 103 Å². The van der Waals surface area contributed by atoms with Crippen molar-refractivity contribution in [3.63, 3.8) is 0 Å². The fourth-order valence-electron chi connectivity index (χ4n) is 1.45. The highest BCUT2D eigenvalue weighted by Gasteiger charge is 2.17. The molecule has 0 heterocycles. The van der Waals surface area contributed by atoms with E-state index >= 15 is 0 Å². The minimum absolute atomic E-state index is 0.171. The number of nitrogen functional groups attached to an aromatic ring is 1. The molecule has 0 spiro atoms. The molecule has 94 valence electrons. The Hall–Kier alpha value is -1.33. The summed E-state index contributed by atoms with van der Waals surface area (Å²) in [6.07, 6.45) is 2.27. The minimum Gasteiger partial charge on any atom is -0.399 e. The van der Waals surface area contributed by atoms with Crippen LogP contribution in [0.3, 0.4) is 0 Å². The van der Waals surface area contributed by atoms with Crippen molar-refractivity contribution < 1.29 is 8.42 Å². The highest BCUT2D eigenvalue weighted by molar-refractivity contribution is 7.89. The summed E-state index contributed by atoms with van der Waals surface area (Å²) in [5.74, 6) is 0. The van der Waals surface area contributed by atoms with Gasteiger partial charge in [0.2, 0.25) is 10.0 Å². The Balaban J connectivity index is 2.97. The Morgan fingerprint density at radius 1 is 1.53 bits per heavy atom. The van der Waals surface area contributed by atoms with Crippen LogP contribution in [0.15, 0.2) is 35.7 Å². The zero-order valence-electron chi connectivity index (χ0n) is 10.1. The van der Waals surface area contributed by atoms with Crippen LogP contribution in [0.2, 0.25) is 0 Å². The van der Waals surface area contributed by atoms with Crippen LogP contribution in [0.4, 0.5) is 5.69 Å². The molecule has 0 aromatic heterocycles. The monoisotopic (exact) mass is 254 g/mol. The van der Waals surface area contributed by atoms with E-state index in [9.17, 15) is 8.42 Å². The van der Waals surface area contributed by atoms with E-state index in [2.05, 4.69) is 11.3 Å². The van der Waals surface area contributed by atoms with Crippen molar-refractivity contribution in [2.75, 3.05) is 5.73 Å². The molecule has 0 fully saturated rings. The van der Waals surface area contributed by atoms with E-state index in [1.807, 2.05) is 0 Å². The molecule has 1 rings (SSSR count). The summed E-state index contributed by atoms with van der Waals surface area (Å²) >= 11 is 0. The maximum atomic E-state index is 12.0. The molecule has 1 atom stereocenters. The van der Waals surface area contributed by atoms with Crippen LogP contribution in [-0.2, 0) is 10.0 Å². The van der Waals surface area contributed by atoms with Crippen molar-refractivity contribution in [1.29, 1.82) is 0 Å². The Morgan fingerprint density at radius 2 is 2.18 bits per heavy atom. The maximum Gasteiger partial charge on any atom is 0.240 e. The zero-order chi connectivity index (χ0) is 13.1. The summed E-state index contributed by atoms with van der Waals surface area (Å²) in [5.41, 5.74) is 6.99. The smallest absolute Gasteiger partial charge is 0.240 e. The Bertz CT molecular complexity index is 509. The lowest BCUT2D eigenvalue weighted by atomic mass is 10.2. The number of sulfonamides is 1. The highest BCUT2D eigenvalue weighted by atomic mass is 32.2. The number of anilines is 1. The van der Waals surface area contributed by atoms with Crippen molar-refractivity contribution in [3.8, 4) is 0 Å². The van der Waals surface area contributed by atoms with E-state index in [4.69, 9.17) is 5.73 Å². The molecule has 5 heteroatoms. The van der Waals surface area contributed by atoms with Crippen molar-refractivity contribution in [2.24, 2.45) is 0 Å². The van der Waals surface area contributed by atoms with E-state index in [-0.39, 0.29) is 10.9 Å². The van der Waals surface area contributed by atoms with E-state index in [1.165, 1.54) is 6.07 Å². The molecule has 0 amide bonds. The van der Waals surface area contributed by atoms with Crippen LogP contribution < -0.4 is 10.5 Å². The molecule has 0 radical (unpaired) electrons. The second-order valence-corrected chi connectivity index (χ2v) is 5.78. The van der Waals surface area contributed by atoms with E-state index < -0.39 is 10.0 Å². The fraction of sp³-hybridized carbons (Fsp3) is 0.333. The molecular formula is C12H18N2O2S. The summed E-state index contributed by atoms with van der Waals surface area (Å²) in [5, 5.41) is 0. The lowest BCUT2D eigenvalue weighted by Gasteiger charge is -2.13. The van der Waals surface area contributed by atoms with Gasteiger partial charge in [0, 0.05) is 11.7 Å². The number of aryl methyl sites for hydroxylation is 1. The van der Waals surface area contributed by atoms with Gasteiger partial charge in [-0.15, -0.1) is 6.58 Å². The van der Waals surface area contributed by atoms with Crippen molar-refractivity contribution in [3.05, 3.63) is 36.4 Å². The lowest BCUT2D eigenvalue weighted by molar-refractivity contribution is 0.562. The zero-order valence-corrected chi connectivity index (χ0v) is 10.9. The van der Waals surface area contributed by atoms with Crippen LogP contribution in [0.25, 0.3) is 0 Å². The van der Waals surface area contributed by atoms with Crippen molar-refractivity contribution in [1.82, 2.24) is 4.72 Å². The van der Waals surface area contributed by atoms with Gasteiger partial charge in [-0.3, -0.25) is 0 Å². The number of nitrogens with two attached hydrogens (primary N) is 1. The van der Waals surface area contributed by atoms with Crippen LogP contribution in [0.1, 0.15) is 18.9 Å². The highest BCUT2D eigenvalue weighted by Crippen LogP contribution is 2.17. The fourth-order valence-corrected chi connectivity index (χ4v) is 2.79. The van der Waals surface area contributed by atoms with E-state index in [0.29, 0.717) is 12.1 Å². The van der Waals surface area contributed by atoms with E-state index in [0.717, 1.165) is 5.56 Å². The first kappa shape index (κ1) is 13.7. The average Bonchev–Trinajstić information content (AvgIpc) is 2.21. The SMILES string of the molecule is C=CCC(C)NS(=O)(=O)c1ccc(N)c(C)c1. The molecule has 3 N–H and O–H groups in total. The quantitative estimate of drug-likeness (QED) is 0.622. The number of benzene rings is 1. The summed E-state index contributed by atoms with van der Waals surface area (Å²) in [4.78, 5) is 0.236. The normalized spacial score (nSPS) is 13.3. The largest absolute Gasteiger partial charge is 0.399 e. The number of hydrogen-bond donors (Lipinski definition) is 2. The van der Waals surface area contributed by atoms with Crippen LogP contribution in [0.5, 0.6) is 0 Å². The molecule has 4 nitrogen and oxygen atoms in total. The van der Waals surface area contributed by atoms with Crippen LogP contribution in [0, 0.1) is 6.92 Å². The van der Waals surface area contributed by atoms with Crippen molar-refractivity contribution in [2.45, 2.75) is 31.2 Å². The second kappa shape index (κ2) is 5.33. The van der Waals surface area contributed by atoms with Gasteiger partial charge in [-0.2, -0.15) is 0 Å². The predicted molar refractivity (Wildman–Crippen MR) is 70.2 cm³/mol. The summed E-state index contributed by atoms with van der Waals surface area (Å²) in [6.45, 7) is 7.15.